The molecule has 0 radical (unpaired) electrons. The van der Waals surface area contributed by atoms with Gasteiger partial charge in [0.2, 0.25) is 0 Å². The first-order valence-corrected chi connectivity index (χ1v) is 5.72. The lowest BCUT2D eigenvalue weighted by atomic mass is 10.2. The van der Waals surface area contributed by atoms with Gasteiger partial charge in [0.1, 0.15) is 5.69 Å². The monoisotopic (exact) mass is 249 g/mol. The van der Waals surface area contributed by atoms with Crippen molar-refractivity contribution in [2.24, 2.45) is 0 Å². The molecule has 0 spiro atoms. The highest BCUT2D eigenvalue weighted by atomic mass is 16.6. The normalized spacial score (nSPS) is 9.78. The van der Waals surface area contributed by atoms with E-state index in [4.69, 9.17) is 10.4 Å². The molecular formula is C12H15N3O3. The first-order valence-electron chi connectivity index (χ1n) is 5.72. The van der Waals surface area contributed by atoms with Gasteiger partial charge in [-0.3, -0.25) is 10.1 Å². The summed E-state index contributed by atoms with van der Waals surface area (Å²) in [6.45, 7) is 0.768. The van der Waals surface area contributed by atoms with Crippen molar-refractivity contribution in [1.82, 2.24) is 0 Å². The summed E-state index contributed by atoms with van der Waals surface area (Å²) < 4.78 is 0. The number of nitrogens with zero attached hydrogens (tertiary/aromatic N) is 2. The highest BCUT2D eigenvalue weighted by Gasteiger charge is 2.13. The van der Waals surface area contributed by atoms with Crippen LogP contribution in [-0.4, -0.2) is 23.2 Å². The summed E-state index contributed by atoms with van der Waals surface area (Å²) in [6, 6.07) is 6.22. The molecule has 1 aromatic carbocycles. The van der Waals surface area contributed by atoms with Gasteiger partial charge < -0.3 is 10.4 Å². The van der Waals surface area contributed by atoms with Crippen LogP contribution in [0.15, 0.2) is 18.2 Å². The Balaban J connectivity index is 2.65. The van der Waals surface area contributed by atoms with Crippen molar-refractivity contribution < 1.29 is 10.0 Å². The molecule has 96 valence electrons. The summed E-state index contributed by atoms with van der Waals surface area (Å²) in [5, 5.41) is 31.1. The number of nitro benzene ring substituents is 1. The Morgan fingerprint density at radius 3 is 2.78 bits per heavy atom. The smallest absolute Gasteiger partial charge is 0.293 e. The van der Waals surface area contributed by atoms with E-state index >= 15 is 0 Å². The van der Waals surface area contributed by atoms with Gasteiger partial charge in [-0.25, -0.2) is 0 Å². The van der Waals surface area contributed by atoms with Crippen LogP contribution in [-0.2, 0) is 0 Å². The van der Waals surface area contributed by atoms with Crippen LogP contribution in [0.4, 0.5) is 11.4 Å². The summed E-state index contributed by atoms with van der Waals surface area (Å²) in [6.07, 6.45) is 2.43. The molecule has 0 aliphatic heterocycles. The first kappa shape index (κ1) is 13.9. The molecule has 1 aromatic rings. The van der Waals surface area contributed by atoms with Gasteiger partial charge >= 0.3 is 0 Å². The van der Waals surface area contributed by atoms with Crippen molar-refractivity contribution >= 4 is 11.4 Å². The van der Waals surface area contributed by atoms with Crippen molar-refractivity contribution in [3.8, 4) is 6.07 Å². The molecule has 6 heteroatoms. The van der Waals surface area contributed by atoms with Crippen LogP contribution < -0.4 is 5.32 Å². The number of nitrogens with one attached hydrogen (secondary N) is 1. The summed E-state index contributed by atoms with van der Waals surface area (Å²) in [5.74, 6) is 0. The van der Waals surface area contributed by atoms with Gasteiger partial charge in [0.25, 0.3) is 5.69 Å². The van der Waals surface area contributed by atoms with Crippen LogP contribution in [0.1, 0.15) is 24.8 Å². The van der Waals surface area contributed by atoms with E-state index in [2.05, 4.69) is 5.32 Å². The van der Waals surface area contributed by atoms with Crippen LogP contribution in [0.3, 0.4) is 0 Å². The molecule has 2 N–H and O–H groups in total. The fourth-order valence-corrected chi connectivity index (χ4v) is 1.54. The van der Waals surface area contributed by atoms with Gasteiger partial charge in [-0.15, -0.1) is 0 Å². The van der Waals surface area contributed by atoms with E-state index in [1.54, 1.807) is 12.1 Å². The SMILES string of the molecule is N#Cc1ccc(NCCCCCO)c([N+](=O)[O-])c1. The number of nitro groups is 1. The predicted molar refractivity (Wildman–Crippen MR) is 67.2 cm³/mol. The van der Waals surface area contributed by atoms with Crippen molar-refractivity contribution in [1.29, 1.82) is 5.26 Å². The number of rotatable bonds is 7. The summed E-state index contributed by atoms with van der Waals surface area (Å²) in [5.41, 5.74) is 0.603. The Hall–Kier alpha value is -2.13. The fourth-order valence-electron chi connectivity index (χ4n) is 1.54. The molecule has 0 saturated heterocycles. The minimum atomic E-state index is -0.503. The van der Waals surface area contributed by atoms with E-state index in [1.807, 2.05) is 6.07 Å². The highest BCUT2D eigenvalue weighted by molar-refractivity contribution is 5.63. The van der Waals surface area contributed by atoms with Gasteiger partial charge in [0.15, 0.2) is 0 Å². The Morgan fingerprint density at radius 1 is 1.39 bits per heavy atom. The van der Waals surface area contributed by atoms with E-state index in [9.17, 15) is 10.1 Å². The number of nitriles is 1. The summed E-state index contributed by atoms with van der Waals surface area (Å²) in [4.78, 5) is 10.3. The number of anilines is 1. The maximum absolute atomic E-state index is 10.8. The van der Waals surface area contributed by atoms with E-state index in [0.717, 1.165) is 19.3 Å². The molecule has 0 fully saturated rings. The van der Waals surface area contributed by atoms with E-state index in [-0.39, 0.29) is 17.9 Å². The summed E-state index contributed by atoms with van der Waals surface area (Å²) >= 11 is 0. The molecule has 1 rings (SSSR count). The van der Waals surface area contributed by atoms with Gasteiger partial charge in [-0.1, -0.05) is 0 Å². The van der Waals surface area contributed by atoms with Gasteiger partial charge in [-0.05, 0) is 31.4 Å². The number of aliphatic hydroxyl groups excluding tert-OH is 1. The van der Waals surface area contributed by atoms with Crippen molar-refractivity contribution in [2.75, 3.05) is 18.5 Å². The molecule has 0 atom stereocenters. The quantitative estimate of drug-likeness (QED) is 0.437. The number of hydrogen-bond acceptors (Lipinski definition) is 5. The number of unbranched alkanes of at least 4 members (excludes halogenated alkanes) is 2. The average Bonchev–Trinajstić information content (AvgIpc) is 2.38. The van der Waals surface area contributed by atoms with Crippen molar-refractivity contribution in [2.45, 2.75) is 19.3 Å². The molecule has 0 bridgehead atoms. The standard InChI is InChI=1S/C12H15N3O3/c13-9-10-4-5-11(12(8-10)15(17)18)14-6-2-1-3-7-16/h4-5,8,14,16H,1-3,6-7H2. The Labute approximate surface area is 105 Å². The predicted octanol–water partition coefficient (Wildman–Crippen LogP) is 2.04. The molecule has 0 aromatic heterocycles. The van der Waals surface area contributed by atoms with Crippen LogP contribution in [0.5, 0.6) is 0 Å². The molecule has 18 heavy (non-hydrogen) atoms. The largest absolute Gasteiger partial charge is 0.396 e. The average molecular weight is 249 g/mol. The lowest BCUT2D eigenvalue weighted by Gasteiger charge is -2.06. The second-order valence-electron chi connectivity index (χ2n) is 3.81. The van der Waals surface area contributed by atoms with Gasteiger partial charge in [-0.2, -0.15) is 5.26 Å². The van der Waals surface area contributed by atoms with Gasteiger partial charge in [0, 0.05) is 19.2 Å². The first-order chi connectivity index (χ1) is 8.69. The minimum Gasteiger partial charge on any atom is -0.396 e. The van der Waals surface area contributed by atoms with Crippen LogP contribution in [0.25, 0.3) is 0 Å². The maximum atomic E-state index is 10.8. The third-order valence-corrected chi connectivity index (χ3v) is 2.47. The molecule has 0 aliphatic rings. The molecule has 0 amide bonds. The van der Waals surface area contributed by atoms with E-state index in [1.165, 1.54) is 6.07 Å². The lowest BCUT2D eigenvalue weighted by Crippen LogP contribution is -2.04. The lowest BCUT2D eigenvalue weighted by molar-refractivity contribution is -0.384. The molecule has 0 saturated carbocycles. The molecular weight excluding hydrogens is 234 g/mol. The topological polar surface area (TPSA) is 99.2 Å². The van der Waals surface area contributed by atoms with Crippen molar-refractivity contribution in [3.63, 3.8) is 0 Å². The van der Waals surface area contributed by atoms with Crippen LogP contribution in [0, 0.1) is 21.4 Å². The molecule has 0 aliphatic carbocycles. The Kier molecular flexibility index (Phi) is 5.61. The zero-order chi connectivity index (χ0) is 13.4. The Morgan fingerprint density at radius 2 is 2.17 bits per heavy atom. The molecule has 0 unspecified atom stereocenters. The second kappa shape index (κ2) is 7.25. The number of aliphatic hydroxyl groups is 1. The minimum absolute atomic E-state index is 0.0868. The van der Waals surface area contributed by atoms with E-state index in [0.29, 0.717) is 12.2 Å². The maximum Gasteiger partial charge on any atom is 0.293 e. The third-order valence-electron chi connectivity index (χ3n) is 2.47. The van der Waals surface area contributed by atoms with Crippen molar-refractivity contribution in [3.05, 3.63) is 33.9 Å². The highest BCUT2D eigenvalue weighted by Crippen LogP contribution is 2.25. The summed E-state index contributed by atoms with van der Waals surface area (Å²) in [7, 11) is 0. The zero-order valence-corrected chi connectivity index (χ0v) is 9.93. The number of benzene rings is 1. The number of hydrogen-bond donors (Lipinski definition) is 2. The zero-order valence-electron chi connectivity index (χ0n) is 9.93. The van der Waals surface area contributed by atoms with Crippen LogP contribution in [0.2, 0.25) is 0 Å². The van der Waals surface area contributed by atoms with Crippen LogP contribution >= 0.6 is 0 Å². The fraction of sp³-hybridized carbons (Fsp3) is 0.417. The second-order valence-corrected chi connectivity index (χ2v) is 3.81. The Bertz CT molecular complexity index is 454. The van der Waals surface area contributed by atoms with Gasteiger partial charge in [0.05, 0.1) is 16.6 Å². The van der Waals surface area contributed by atoms with E-state index < -0.39 is 4.92 Å². The molecule has 0 heterocycles. The molecule has 6 nitrogen and oxygen atoms in total. The third kappa shape index (κ3) is 4.03.